The van der Waals surface area contributed by atoms with Gasteiger partial charge in [-0.15, -0.1) is 0 Å². The number of fused-ring (bicyclic) bond motifs is 1. The zero-order valence-electron chi connectivity index (χ0n) is 21.6. The molecule has 1 saturated carbocycles. The first-order valence-electron chi connectivity index (χ1n) is 13.0. The van der Waals surface area contributed by atoms with Crippen molar-refractivity contribution in [3.05, 3.63) is 86.9 Å². The summed E-state index contributed by atoms with van der Waals surface area (Å²) in [6.07, 6.45) is 2.19. The summed E-state index contributed by atoms with van der Waals surface area (Å²) in [7, 11) is 1.60. The maximum atomic E-state index is 13.8. The molecule has 0 amide bonds. The molecule has 10 heteroatoms. The molecule has 0 N–H and O–H groups in total. The standard InChI is InChI=1S/C29H26FN7O2/c1-17-16-36(27(19-5-7-20(30)8-6-19)23-13-25(39-34-23)18-3-4-18)11-12-37(17)28-22(15-32)29(38)35(2)24-10-9-21(14-31)33-26(24)28/h5-10,13,17-18,27H,3-4,11-12,16H2,1-2H3/t17-,27?/m0/s1. The first-order valence-corrected chi connectivity index (χ1v) is 13.0. The Morgan fingerprint density at radius 2 is 1.87 bits per heavy atom. The highest BCUT2D eigenvalue weighted by Gasteiger charge is 2.36. The minimum absolute atomic E-state index is 0.00792. The maximum Gasteiger partial charge on any atom is 0.270 e. The van der Waals surface area contributed by atoms with Crippen molar-refractivity contribution in [2.45, 2.75) is 37.8 Å². The minimum atomic E-state index is -0.402. The molecule has 1 saturated heterocycles. The molecule has 4 aromatic rings. The smallest absolute Gasteiger partial charge is 0.270 e. The van der Waals surface area contributed by atoms with Gasteiger partial charge < -0.3 is 14.0 Å². The van der Waals surface area contributed by atoms with Crippen molar-refractivity contribution in [3.63, 3.8) is 0 Å². The number of hydrogen-bond donors (Lipinski definition) is 0. The zero-order chi connectivity index (χ0) is 27.3. The van der Waals surface area contributed by atoms with Crippen LogP contribution in [0.1, 0.15) is 60.0 Å². The molecule has 39 heavy (non-hydrogen) atoms. The van der Waals surface area contributed by atoms with Gasteiger partial charge in [0.05, 0.1) is 17.2 Å². The van der Waals surface area contributed by atoms with Crippen molar-refractivity contribution in [1.29, 1.82) is 10.5 Å². The zero-order valence-corrected chi connectivity index (χ0v) is 21.6. The number of pyridine rings is 2. The second kappa shape index (κ2) is 9.64. The third-order valence-electron chi connectivity index (χ3n) is 7.74. The summed E-state index contributed by atoms with van der Waals surface area (Å²) in [6.45, 7) is 3.69. The quantitative estimate of drug-likeness (QED) is 0.386. The van der Waals surface area contributed by atoms with Gasteiger partial charge in [-0.25, -0.2) is 9.37 Å². The van der Waals surface area contributed by atoms with E-state index < -0.39 is 5.56 Å². The fourth-order valence-corrected chi connectivity index (χ4v) is 5.60. The van der Waals surface area contributed by atoms with E-state index in [1.807, 2.05) is 17.9 Å². The fourth-order valence-electron chi connectivity index (χ4n) is 5.60. The Labute approximate surface area is 224 Å². The Morgan fingerprint density at radius 3 is 2.54 bits per heavy atom. The largest absolute Gasteiger partial charge is 0.363 e. The van der Waals surface area contributed by atoms with Crippen LogP contribution in [0.25, 0.3) is 11.0 Å². The van der Waals surface area contributed by atoms with Crippen molar-refractivity contribution in [1.82, 2.24) is 19.6 Å². The highest BCUT2D eigenvalue weighted by molar-refractivity contribution is 5.92. The van der Waals surface area contributed by atoms with Gasteiger partial charge in [0, 0.05) is 44.7 Å². The average molecular weight is 524 g/mol. The summed E-state index contributed by atoms with van der Waals surface area (Å²) in [5.74, 6) is 0.994. The lowest BCUT2D eigenvalue weighted by Gasteiger charge is -2.44. The van der Waals surface area contributed by atoms with Gasteiger partial charge in [0.15, 0.2) is 0 Å². The number of piperazine rings is 1. The van der Waals surface area contributed by atoms with E-state index in [9.17, 15) is 19.7 Å². The molecule has 2 aliphatic rings. The second-order valence-corrected chi connectivity index (χ2v) is 10.3. The molecule has 2 atom stereocenters. The second-order valence-electron chi connectivity index (χ2n) is 10.3. The molecule has 4 heterocycles. The Bertz CT molecular complexity index is 1710. The highest BCUT2D eigenvalue weighted by atomic mass is 19.1. The number of aryl methyl sites for hydroxylation is 1. The number of halogens is 1. The normalized spacial score (nSPS) is 18.6. The van der Waals surface area contributed by atoms with Crippen LogP contribution in [-0.2, 0) is 7.05 Å². The van der Waals surface area contributed by atoms with Gasteiger partial charge in [0.1, 0.15) is 46.2 Å². The maximum absolute atomic E-state index is 13.8. The third-order valence-corrected chi connectivity index (χ3v) is 7.74. The van der Waals surface area contributed by atoms with Crippen LogP contribution in [0, 0.1) is 28.5 Å². The molecule has 0 spiro atoms. The first kappa shape index (κ1) is 24.8. The average Bonchev–Trinajstić information content (AvgIpc) is 3.69. The Kier molecular flexibility index (Phi) is 6.13. The monoisotopic (exact) mass is 523 g/mol. The summed E-state index contributed by atoms with van der Waals surface area (Å²) in [5, 5.41) is 23.9. The Morgan fingerprint density at radius 1 is 1.10 bits per heavy atom. The van der Waals surface area contributed by atoms with E-state index >= 15 is 0 Å². The summed E-state index contributed by atoms with van der Waals surface area (Å²) >= 11 is 0. The van der Waals surface area contributed by atoms with Gasteiger partial charge in [0.2, 0.25) is 0 Å². The third kappa shape index (κ3) is 4.33. The summed E-state index contributed by atoms with van der Waals surface area (Å²) in [4.78, 5) is 21.9. The molecule has 0 bridgehead atoms. The van der Waals surface area contributed by atoms with Crippen molar-refractivity contribution in [2.24, 2.45) is 7.05 Å². The molecule has 6 rings (SSSR count). The molecule has 1 aromatic carbocycles. The molecule has 1 aliphatic carbocycles. The number of nitriles is 2. The SMILES string of the molecule is C[C@H]1CN(C(c2ccc(F)cc2)c2cc(C3CC3)on2)CCN1c1c(C#N)c(=O)n(C)c2ccc(C#N)nc12. The van der Waals surface area contributed by atoms with E-state index in [0.717, 1.165) is 29.9 Å². The van der Waals surface area contributed by atoms with Crippen LogP contribution in [0.3, 0.4) is 0 Å². The van der Waals surface area contributed by atoms with E-state index in [-0.39, 0.29) is 29.2 Å². The topological polar surface area (TPSA) is 115 Å². The molecule has 9 nitrogen and oxygen atoms in total. The van der Waals surface area contributed by atoms with Crippen LogP contribution in [-0.4, -0.2) is 45.3 Å². The van der Waals surface area contributed by atoms with Crippen LogP contribution < -0.4 is 10.5 Å². The number of hydrogen-bond acceptors (Lipinski definition) is 8. The van der Waals surface area contributed by atoms with E-state index in [1.54, 1.807) is 31.3 Å². The van der Waals surface area contributed by atoms with Crippen LogP contribution in [0.5, 0.6) is 0 Å². The van der Waals surface area contributed by atoms with E-state index in [4.69, 9.17) is 4.52 Å². The highest BCUT2D eigenvalue weighted by Crippen LogP contribution is 2.42. The number of nitrogens with zero attached hydrogens (tertiary/aromatic N) is 7. The Hall–Kier alpha value is -4.54. The fraction of sp³-hybridized carbons (Fsp3) is 0.345. The molecular formula is C29H26FN7O2. The number of anilines is 1. The first-order chi connectivity index (χ1) is 18.9. The van der Waals surface area contributed by atoms with Crippen LogP contribution in [0.15, 0.2) is 51.8 Å². The Balaban J connectivity index is 1.39. The minimum Gasteiger partial charge on any atom is -0.363 e. The van der Waals surface area contributed by atoms with Gasteiger partial charge in [-0.05, 0) is 49.6 Å². The number of rotatable bonds is 5. The molecule has 1 aliphatic heterocycles. The molecule has 2 fully saturated rings. The predicted octanol–water partition coefficient (Wildman–Crippen LogP) is 3.98. The van der Waals surface area contributed by atoms with Crippen molar-refractivity contribution < 1.29 is 8.91 Å². The van der Waals surface area contributed by atoms with E-state index in [0.29, 0.717) is 42.3 Å². The lowest BCUT2D eigenvalue weighted by molar-refractivity contribution is 0.181. The summed E-state index contributed by atoms with van der Waals surface area (Å²) in [5.41, 5.74) is 2.97. The van der Waals surface area contributed by atoms with E-state index in [1.165, 1.54) is 16.7 Å². The number of aromatic nitrogens is 3. The van der Waals surface area contributed by atoms with E-state index in [2.05, 4.69) is 27.2 Å². The number of benzene rings is 1. The molecule has 3 aromatic heterocycles. The lowest BCUT2D eigenvalue weighted by atomic mass is 9.98. The van der Waals surface area contributed by atoms with Crippen molar-refractivity contribution in [2.75, 3.05) is 24.5 Å². The molecule has 1 unspecified atom stereocenters. The van der Waals surface area contributed by atoms with Crippen molar-refractivity contribution in [3.8, 4) is 12.1 Å². The van der Waals surface area contributed by atoms with Crippen LogP contribution in [0.4, 0.5) is 10.1 Å². The van der Waals surface area contributed by atoms with Gasteiger partial charge in [-0.3, -0.25) is 9.69 Å². The van der Waals surface area contributed by atoms with Gasteiger partial charge in [-0.2, -0.15) is 10.5 Å². The predicted molar refractivity (Wildman–Crippen MR) is 142 cm³/mol. The molecule has 0 radical (unpaired) electrons. The van der Waals surface area contributed by atoms with Gasteiger partial charge in [-0.1, -0.05) is 17.3 Å². The van der Waals surface area contributed by atoms with Crippen LogP contribution >= 0.6 is 0 Å². The van der Waals surface area contributed by atoms with Crippen LogP contribution in [0.2, 0.25) is 0 Å². The lowest BCUT2D eigenvalue weighted by Crippen LogP contribution is -2.53. The molecule has 196 valence electrons. The van der Waals surface area contributed by atoms with Crippen molar-refractivity contribution >= 4 is 16.7 Å². The molecular weight excluding hydrogens is 497 g/mol. The van der Waals surface area contributed by atoms with Gasteiger partial charge >= 0.3 is 0 Å². The summed E-state index contributed by atoms with van der Waals surface area (Å²) < 4.78 is 20.9. The van der Waals surface area contributed by atoms with Gasteiger partial charge in [0.25, 0.3) is 5.56 Å². The summed E-state index contributed by atoms with van der Waals surface area (Å²) in [6, 6.07) is 15.5.